The van der Waals surface area contributed by atoms with Crippen LogP contribution in [0.2, 0.25) is 0 Å². The van der Waals surface area contributed by atoms with Crippen LogP contribution in [-0.2, 0) is 16.0 Å². The average Bonchev–Trinajstić information content (AvgIpc) is 3.24. The zero-order chi connectivity index (χ0) is 17.0. The number of rotatable bonds is 5. The zero-order valence-electron chi connectivity index (χ0n) is 14.3. The van der Waals surface area contributed by atoms with Gasteiger partial charge in [0, 0.05) is 25.6 Å². The highest BCUT2D eigenvalue weighted by Crippen LogP contribution is 2.38. The quantitative estimate of drug-likeness (QED) is 0.892. The van der Waals surface area contributed by atoms with Crippen LogP contribution in [0.1, 0.15) is 38.2 Å². The van der Waals surface area contributed by atoms with Gasteiger partial charge in [0.15, 0.2) is 0 Å². The molecule has 24 heavy (non-hydrogen) atoms. The third-order valence-electron chi connectivity index (χ3n) is 5.05. The molecule has 0 saturated carbocycles. The van der Waals surface area contributed by atoms with Crippen LogP contribution in [0.25, 0.3) is 0 Å². The topological polar surface area (TPSA) is 49.4 Å². The van der Waals surface area contributed by atoms with E-state index in [9.17, 15) is 9.59 Å². The van der Waals surface area contributed by atoms with Gasteiger partial charge in [0.25, 0.3) is 0 Å². The second-order valence-corrected chi connectivity index (χ2v) is 8.57. The molecule has 0 bridgehead atoms. The van der Waals surface area contributed by atoms with Crippen LogP contribution >= 0.6 is 11.8 Å². The predicted octanol–water partition coefficient (Wildman–Crippen LogP) is 2.62. The van der Waals surface area contributed by atoms with Crippen molar-refractivity contribution in [2.75, 3.05) is 18.8 Å². The molecule has 1 N–H and O–H groups in total. The highest BCUT2D eigenvalue weighted by atomic mass is 32.2. The minimum Gasteiger partial charge on any atom is -0.350 e. The standard InChI is InChI=1S/C19H26N2O2S/c1-19(11-5-13-24-19)18(23)20-16-10-12-21(14-16)17(22)9-8-15-6-3-2-4-7-15/h2-4,6-7,16H,5,8-14H2,1H3,(H,20,23). The van der Waals surface area contributed by atoms with Gasteiger partial charge in [-0.15, -0.1) is 11.8 Å². The van der Waals surface area contributed by atoms with Crippen LogP contribution < -0.4 is 5.32 Å². The molecule has 130 valence electrons. The van der Waals surface area contributed by atoms with Gasteiger partial charge in [-0.25, -0.2) is 0 Å². The number of hydrogen-bond acceptors (Lipinski definition) is 3. The Bertz CT molecular complexity index is 584. The van der Waals surface area contributed by atoms with Crippen LogP contribution in [0.4, 0.5) is 0 Å². The average molecular weight is 346 g/mol. The van der Waals surface area contributed by atoms with Crippen LogP contribution in [0.5, 0.6) is 0 Å². The Labute approximate surface area is 148 Å². The van der Waals surface area contributed by atoms with Crippen LogP contribution in [0.15, 0.2) is 30.3 Å². The Morgan fingerprint density at radius 3 is 2.83 bits per heavy atom. The second kappa shape index (κ2) is 7.60. The Morgan fingerprint density at radius 1 is 1.33 bits per heavy atom. The Hall–Kier alpha value is -1.49. The number of benzene rings is 1. The Balaban J connectivity index is 1.44. The van der Waals surface area contributed by atoms with Gasteiger partial charge >= 0.3 is 0 Å². The Kier molecular flexibility index (Phi) is 5.49. The number of likely N-dealkylation sites (tertiary alicyclic amines) is 1. The third-order valence-corrected chi connectivity index (χ3v) is 6.57. The number of aryl methyl sites for hydroxylation is 1. The van der Waals surface area contributed by atoms with Crippen molar-refractivity contribution in [3.8, 4) is 0 Å². The van der Waals surface area contributed by atoms with Crippen molar-refractivity contribution in [2.45, 2.75) is 49.8 Å². The summed E-state index contributed by atoms with van der Waals surface area (Å²) in [6, 6.07) is 10.2. The molecule has 1 aromatic rings. The molecule has 2 fully saturated rings. The van der Waals surface area contributed by atoms with Gasteiger partial charge in [0.2, 0.25) is 11.8 Å². The summed E-state index contributed by atoms with van der Waals surface area (Å²) in [5.74, 6) is 1.41. The van der Waals surface area contributed by atoms with Gasteiger partial charge in [-0.3, -0.25) is 9.59 Å². The van der Waals surface area contributed by atoms with Crippen molar-refractivity contribution in [1.82, 2.24) is 10.2 Å². The molecule has 2 amide bonds. The molecule has 2 heterocycles. The van der Waals surface area contributed by atoms with Crippen molar-refractivity contribution in [1.29, 1.82) is 0 Å². The molecule has 5 heteroatoms. The number of carbonyl (C=O) groups excluding carboxylic acids is 2. The molecule has 2 aliphatic rings. The van der Waals surface area contributed by atoms with E-state index in [-0.39, 0.29) is 22.6 Å². The minimum atomic E-state index is -0.273. The number of carbonyl (C=O) groups is 2. The number of nitrogens with zero attached hydrogens (tertiary/aromatic N) is 1. The molecule has 0 aliphatic carbocycles. The summed E-state index contributed by atoms with van der Waals surface area (Å²) in [7, 11) is 0. The monoisotopic (exact) mass is 346 g/mol. The molecule has 3 rings (SSSR count). The largest absolute Gasteiger partial charge is 0.350 e. The van der Waals surface area contributed by atoms with E-state index in [1.165, 1.54) is 5.56 Å². The van der Waals surface area contributed by atoms with Gasteiger partial charge in [0.1, 0.15) is 0 Å². The Morgan fingerprint density at radius 2 is 2.12 bits per heavy atom. The smallest absolute Gasteiger partial charge is 0.236 e. The predicted molar refractivity (Wildman–Crippen MR) is 98.0 cm³/mol. The van der Waals surface area contributed by atoms with Crippen LogP contribution in [-0.4, -0.2) is 46.3 Å². The van der Waals surface area contributed by atoms with Gasteiger partial charge in [-0.2, -0.15) is 0 Å². The van der Waals surface area contributed by atoms with Crippen molar-refractivity contribution in [3.63, 3.8) is 0 Å². The minimum absolute atomic E-state index is 0.108. The molecule has 0 spiro atoms. The van der Waals surface area contributed by atoms with E-state index in [2.05, 4.69) is 17.4 Å². The fraction of sp³-hybridized carbons (Fsp3) is 0.579. The van der Waals surface area contributed by atoms with E-state index in [0.717, 1.165) is 38.0 Å². The fourth-order valence-corrected chi connectivity index (χ4v) is 4.67. The first-order valence-electron chi connectivity index (χ1n) is 8.83. The first-order chi connectivity index (χ1) is 11.6. The number of amides is 2. The number of nitrogens with one attached hydrogen (secondary N) is 1. The molecule has 2 aliphatic heterocycles. The molecular weight excluding hydrogens is 320 g/mol. The van der Waals surface area contributed by atoms with E-state index in [1.807, 2.05) is 30.0 Å². The zero-order valence-corrected chi connectivity index (χ0v) is 15.1. The molecule has 2 unspecified atom stereocenters. The lowest BCUT2D eigenvalue weighted by Gasteiger charge is -2.24. The lowest BCUT2D eigenvalue weighted by atomic mass is 10.0. The second-order valence-electron chi connectivity index (χ2n) is 6.97. The van der Waals surface area contributed by atoms with Gasteiger partial charge in [0.05, 0.1) is 4.75 Å². The first-order valence-corrected chi connectivity index (χ1v) is 9.82. The summed E-state index contributed by atoms with van der Waals surface area (Å²) in [6.07, 6.45) is 4.25. The lowest BCUT2D eigenvalue weighted by molar-refractivity contribution is -0.130. The third kappa shape index (κ3) is 4.12. The highest BCUT2D eigenvalue weighted by molar-refractivity contribution is 8.01. The molecule has 2 atom stereocenters. The molecule has 0 radical (unpaired) electrons. The maximum absolute atomic E-state index is 12.5. The SMILES string of the molecule is CC1(C(=O)NC2CCN(C(=O)CCc3ccccc3)C2)CCCS1. The lowest BCUT2D eigenvalue weighted by Crippen LogP contribution is -2.46. The van der Waals surface area contributed by atoms with Crippen LogP contribution in [0.3, 0.4) is 0 Å². The van der Waals surface area contributed by atoms with Crippen LogP contribution in [0, 0.1) is 0 Å². The van der Waals surface area contributed by atoms with Gasteiger partial charge < -0.3 is 10.2 Å². The van der Waals surface area contributed by atoms with Crippen molar-refractivity contribution in [3.05, 3.63) is 35.9 Å². The normalized spacial score (nSPS) is 26.5. The summed E-state index contributed by atoms with van der Waals surface area (Å²) < 4.78 is -0.273. The summed E-state index contributed by atoms with van der Waals surface area (Å²) >= 11 is 1.76. The number of hydrogen-bond donors (Lipinski definition) is 1. The summed E-state index contributed by atoms with van der Waals surface area (Å²) in [5.41, 5.74) is 1.20. The van der Waals surface area contributed by atoms with E-state index in [0.29, 0.717) is 13.0 Å². The van der Waals surface area contributed by atoms with Gasteiger partial charge in [-0.05, 0) is 43.9 Å². The maximum Gasteiger partial charge on any atom is 0.236 e. The van der Waals surface area contributed by atoms with Crippen molar-refractivity contribution >= 4 is 23.6 Å². The molecule has 4 nitrogen and oxygen atoms in total. The van der Waals surface area contributed by atoms with E-state index < -0.39 is 0 Å². The van der Waals surface area contributed by atoms with E-state index in [1.54, 1.807) is 11.8 Å². The van der Waals surface area contributed by atoms with E-state index in [4.69, 9.17) is 0 Å². The molecular formula is C19H26N2O2S. The fourth-order valence-electron chi connectivity index (χ4n) is 3.45. The van der Waals surface area contributed by atoms with E-state index >= 15 is 0 Å². The molecule has 1 aromatic carbocycles. The van der Waals surface area contributed by atoms with Crippen molar-refractivity contribution < 1.29 is 9.59 Å². The molecule has 0 aromatic heterocycles. The number of thioether (sulfide) groups is 1. The van der Waals surface area contributed by atoms with Crippen molar-refractivity contribution in [2.24, 2.45) is 0 Å². The first kappa shape index (κ1) is 17.3. The highest BCUT2D eigenvalue weighted by Gasteiger charge is 2.39. The van der Waals surface area contributed by atoms with Gasteiger partial charge in [-0.1, -0.05) is 30.3 Å². The summed E-state index contributed by atoms with van der Waals surface area (Å²) in [6.45, 7) is 3.44. The maximum atomic E-state index is 12.5. The summed E-state index contributed by atoms with van der Waals surface area (Å²) in [4.78, 5) is 26.8. The molecule has 2 saturated heterocycles. The summed E-state index contributed by atoms with van der Waals surface area (Å²) in [5, 5.41) is 3.17.